The van der Waals surface area contributed by atoms with Crippen LogP contribution in [0.5, 0.6) is 0 Å². The van der Waals surface area contributed by atoms with Gasteiger partial charge in [-0.15, -0.1) is 0 Å². The lowest BCUT2D eigenvalue weighted by Crippen LogP contribution is -2.33. The molecule has 0 aliphatic heterocycles. The second kappa shape index (κ2) is 5.05. The Bertz CT molecular complexity index is 449. The number of aromatic nitrogens is 2. The van der Waals surface area contributed by atoms with E-state index >= 15 is 0 Å². The maximum Gasteiger partial charge on any atom is 0.353 e. The molecule has 3 N–H and O–H groups in total. The number of carbonyl (C=O) groups excluding carboxylic acids is 1. The Kier molecular flexibility index (Phi) is 3.75. The highest BCUT2D eigenvalue weighted by molar-refractivity contribution is 5.82. The maximum atomic E-state index is 11.2. The van der Waals surface area contributed by atoms with Gasteiger partial charge in [-0.2, -0.15) is 0 Å². The average Bonchev–Trinajstić information content (AvgIpc) is 2.27. The predicted molar refractivity (Wildman–Crippen MR) is 60.4 cm³/mol. The fraction of sp³-hybridized carbons (Fsp3) is 0.375. The summed E-state index contributed by atoms with van der Waals surface area (Å²) in [4.78, 5) is 29.9. The van der Waals surface area contributed by atoms with E-state index in [1.54, 1.807) is 0 Å². The molecule has 92 valence electrons. The van der Waals surface area contributed by atoms with Gasteiger partial charge in [0.2, 0.25) is 17.5 Å². The zero-order chi connectivity index (χ0) is 13.0. The van der Waals surface area contributed by atoms with Crippen molar-refractivity contribution in [2.24, 2.45) is 0 Å². The number of likely N-dealkylation sites (N-methyl/N-ethyl adjacent to an activating group) is 2. The summed E-state index contributed by atoms with van der Waals surface area (Å²) in [6.45, 7) is -0.0617. The second-order valence-electron chi connectivity index (χ2n) is 3.22. The molecule has 1 heterocycles. The zero-order valence-corrected chi connectivity index (χ0v) is 9.38. The van der Waals surface area contributed by atoms with E-state index in [0.29, 0.717) is 0 Å². The van der Waals surface area contributed by atoms with Crippen LogP contribution in [0.15, 0.2) is 6.33 Å². The van der Waals surface area contributed by atoms with Crippen molar-refractivity contribution in [3.05, 3.63) is 16.4 Å². The third kappa shape index (κ3) is 2.77. The van der Waals surface area contributed by atoms with E-state index in [1.807, 2.05) is 0 Å². The van der Waals surface area contributed by atoms with Crippen LogP contribution in [0.25, 0.3) is 0 Å². The van der Waals surface area contributed by atoms with Gasteiger partial charge in [0.25, 0.3) is 0 Å². The summed E-state index contributed by atoms with van der Waals surface area (Å²) < 4.78 is 0. The van der Waals surface area contributed by atoms with Crippen LogP contribution in [0.2, 0.25) is 0 Å². The molecule has 0 aliphatic carbocycles. The smallest absolute Gasteiger partial charge is 0.353 e. The molecule has 0 bridgehead atoms. The number of amides is 1. The van der Waals surface area contributed by atoms with Crippen molar-refractivity contribution in [3.63, 3.8) is 0 Å². The Hall–Kier alpha value is -2.45. The van der Waals surface area contributed by atoms with Gasteiger partial charge in [0.15, 0.2) is 0 Å². The largest absolute Gasteiger partial charge is 0.378 e. The van der Waals surface area contributed by atoms with Crippen LogP contribution in [0.4, 0.5) is 17.3 Å². The standard InChI is InChI=1S/C8H12N6O3/c1-10-5(15)3-13(2)8-6(14(16)17)7(9)11-4-12-8/h4H,3H2,1-2H3,(H,10,15)(H2,9,11,12). The van der Waals surface area contributed by atoms with Crippen LogP contribution in [-0.4, -0.2) is 41.4 Å². The molecule has 1 aromatic heterocycles. The van der Waals surface area contributed by atoms with E-state index in [-0.39, 0.29) is 24.1 Å². The number of rotatable bonds is 4. The summed E-state index contributed by atoms with van der Waals surface area (Å²) >= 11 is 0. The zero-order valence-electron chi connectivity index (χ0n) is 9.38. The molecule has 0 saturated heterocycles. The summed E-state index contributed by atoms with van der Waals surface area (Å²) in [5.74, 6) is -0.520. The van der Waals surface area contributed by atoms with Crippen LogP contribution in [0, 0.1) is 10.1 Å². The number of nitrogens with one attached hydrogen (secondary N) is 1. The van der Waals surface area contributed by atoms with Crippen molar-refractivity contribution in [1.82, 2.24) is 15.3 Å². The molecule has 0 fully saturated rings. The lowest BCUT2D eigenvalue weighted by molar-refractivity contribution is -0.383. The van der Waals surface area contributed by atoms with Crippen LogP contribution in [-0.2, 0) is 4.79 Å². The maximum absolute atomic E-state index is 11.2. The predicted octanol–water partition coefficient (Wildman–Crippen LogP) is -0.851. The molecule has 1 amide bonds. The van der Waals surface area contributed by atoms with Gasteiger partial charge in [-0.1, -0.05) is 0 Å². The highest BCUT2D eigenvalue weighted by atomic mass is 16.6. The number of anilines is 2. The Morgan fingerprint density at radius 3 is 2.82 bits per heavy atom. The van der Waals surface area contributed by atoms with Crippen molar-refractivity contribution in [1.29, 1.82) is 0 Å². The third-order valence-electron chi connectivity index (χ3n) is 2.04. The molecule has 0 saturated carbocycles. The molecule has 0 radical (unpaired) electrons. The number of nitro groups is 1. The lowest BCUT2D eigenvalue weighted by atomic mass is 10.4. The van der Waals surface area contributed by atoms with Gasteiger partial charge in [-0.05, 0) is 0 Å². The van der Waals surface area contributed by atoms with E-state index in [2.05, 4.69) is 15.3 Å². The van der Waals surface area contributed by atoms with E-state index in [1.165, 1.54) is 19.0 Å². The fourth-order valence-electron chi connectivity index (χ4n) is 1.21. The molecule has 1 rings (SSSR count). The molecule has 9 heteroatoms. The first-order chi connectivity index (χ1) is 7.97. The summed E-state index contributed by atoms with van der Waals surface area (Å²) in [6.07, 6.45) is 1.11. The van der Waals surface area contributed by atoms with Crippen LogP contribution in [0.1, 0.15) is 0 Å². The molecule has 0 aliphatic rings. The van der Waals surface area contributed by atoms with Crippen molar-refractivity contribution >= 4 is 23.2 Å². The number of nitrogens with zero attached hydrogens (tertiary/aromatic N) is 4. The second-order valence-corrected chi connectivity index (χ2v) is 3.22. The third-order valence-corrected chi connectivity index (χ3v) is 2.04. The minimum Gasteiger partial charge on any atom is -0.378 e. The topological polar surface area (TPSA) is 127 Å². The van der Waals surface area contributed by atoms with Crippen molar-refractivity contribution in [2.45, 2.75) is 0 Å². The Morgan fingerprint density at radius 1 is 1.65 bits per heavy atom. The Balaban J connectivity index is 3.09. The number of carbonyl (C=O) groups is 1. The van der Waals surface area contributed by atoms with Crippen LogP contribution >= 0.6 is 0 Å². The van der Waals surface area contributed by atoms with Crippen LogP contribution < -0.4 is 16.0 Å². The van der Waals surface area contributed by atoms with Crippen molar-refractivity contribution in [3.8, 4) is 0 Å². The Labute approximate surface area is 96.8 Å². The molecule has 9 nitrogen and oxygen atoms in total. The quantitative estimate of drug-likeness (QED) is 0.518. The fourth-order valence-corrected chi connectivity index (χ4v) is 1.21. The first-order valence-electron chi connectivity index (χ1n) is 4.64. The molecule has 0 atom stereocenters. The molecule has 17 heavy (non-hydrogen) atoms. The van der Waals surface area contributed by atoms with E-state index in [4.69, 9.17) is 5.73 Å². The number of hydrogen-bond donors (Lipinski definition) is 2. The van der Waals surface area contributed by atoms with Gasteiger partial charge in [0.1, 0.15) is 6.33 Å². The van der Waals surface area contributed by atoms with E-state index in [9.17, 15) is 14.9 Å². The van der Waals surface area contributed by atoms with E-state index in [0.717, 1.165) is 6.33 Å². The Morgan fingerprint density at radius 2 is 2.29 bits per heavy atom. The van der Waals surface area contributed by atoms with Gasteiger partial charge < -0.3 is 16.0 Å². The molecule has 0 spiro atoms. The van der Waals surface area contributed by atoms with Crippen molar-refractivity contribution < 1.29 is 9.72 Å². The van der Waals surface area contributed by atoms with E-state index < -0.39 is 10.6 Å². The highest BCUT2D eigenvalue weighted by Gasteiger charge is 2.24. The molecular formula is C8H12N6O3. The number of nitrogens with two attached hydrogens (primary N) is 1. The summed E-state index contributed by atoms with van der Waals surface area (Å²) in [5.41, 5.74) is 5.00. The van der Waals surface area contributed by atoms with Gasteiger partial charge in [0, 0.05) is 14.1 Å². The van der Waals surface area contributed by atoms with Gasteiger partial charge in [-0.25, -0.2) is 9.97 Å². The molecule has 1 aromatic rings. The first kappa shape index (κ1) is 12.6. The number of nitrogen functional groups attached to an aromatic ring is 1. The van der Waals surface area contributed by atoms with Gasteiger partial charge in [-0.3, -0.25) is 14.9 Å². The minimum absolute atomic E-state index is 0.00565. The first-order valence-corrected chi connectivity index (χ1v) is 4.64. The normalized spacial score (nSPS) is 9.76. The molecule has 0 unspecified atom stereocenters. The summed E-state index contributed by atoms with van der Waals surface area (Å²) in [5, 5.41) is 13.2. The minimum atomic E-state index is -0.676. The average molecular weight is 240 g/mol. The molecule has 0 aromatic carbocycles. The van der Waals surface area contributed by atoms with Gasteiger partial charge >= 0.3 is 5.69 Å². The van der Waals surface area contributed by atoms with Crippen LogP contribution in [0.3, 0.4) is 0 Å². The van der Waals surface area contributed by atoms with Crippen molar-refractivity contribution in [2.75, 3.05) is 31.3 Å². The summed E-state index contributed by atoms with van der Waals surface area (Å²) in [7, 11) is 2.98. The van der Waals surface area contributed by atoms with Gasteiger partial charge in [0.05, 0.1) is 11.5 Å². The SMILES string of the molecule is CNC(=O)CN(C)c1ncnc(N)c1[N+](=O)[O-]. The summed E-state index contributed by atoms with van der Waals surface area (Å²) in [6, 6.07) is 0. The highest BCUT2D eigenvalue weighted by Crippen LogP contribution is 2.28. The number of hydrogen-bond acceptors (Lipinski definition) is 7. The molecular weight excluding hydrogens is 228 g/mol. The monoisotopic (exact) mass is 240 g/mol. The lowest BCUT2D eigenvalue weighted by Gasteiger charge is -2.16.